The van der Waals surface area contributed by atoms with Crippen LogP contribution in [-0.4, -0.2) is 15.9 Å². The molecule has 5 heteroatoms. The number of aromatic nitrogens is 2. The van der Waals surface area contributed by atoms with Gasteiger partial charge in [0.25, 0.3) is 5.56 Å². The Kier molecular flexibility index (Phi) is 5.09. The highest BCUT2D eigenvalue weighted by molar-refractivity contribution is 5.78. The SMILES string of the molecule is CCCC[C@H](C)C(=O)NCc1nc2ccccc2c(=O)[nH]1. The van der Waals surface area contributed by atoms with Crippen molar-refractivity contribution in [2.75, 3.05) is 0 Å². The molecular formula is C16H21N3O2. The zero-order valence-corrected chi connectivity index (χ0v) is 12.5. The minimum atomic E-state index is -0.177. The number of benzene rings is 1. The lowest BCUT2D eigenvalue weighted by atomic mass is 10.0. The van der Waals surface area contributed by atoms with Gasteiger partial charge in [-0.3, -0.25) is 9.59 Å². The monoisotopic (exact) mass is 287 g/mol. The largest absolute Gasteiger partial charge is 0.349 e. The summed E-state index contributed by atoms with van der Waals surface area (Å²) >= 11 is 0. The molecule has 2 aromatic rings. The average Bonchev–Trinajstić information content (AvgIpc) is 2.50. The summed E-state index contributed by atoms with van der Waals surface area (Å²) in [6, 6.07) is 7.16. The number of fused-ring (bicyclic) bond motifs is 1. The van der Waals surface area contributed by atoms with Crippen LogP contribution in [0.5, 0.6) is 0 Å². The molecule has 0 saturated carbocycles. The number of unbranched alkanes of at least 4 members (excludes halogenated alkanes) is 1. The van der Waals surface area contributed by atoms with Gasteiger partial charge in [0.05, 0.1) is 17.4 Å². The summed E-state index contributed by atoms with van der Waals surface area (Å²) in [7, 11) is 0. The molecule has 1 aromatic heterocycles. The molecule has 0 saturated heterocycles. The van der Waals surface area contributed by atoms with Crippen molar-refractivity contribution >= 4 is 16.8 Å². The molecule has 112 valence electrons. The lowest BCUT2D eigenvalue weighted by Crippen LogP contribution is -2.30. The summed E-state index contributed by atoms with van der Waals surface area (Å²) < 4.78 is 0. The number of rotatable bonds is 6. The van der Waals surface area contributed by atoms with E-state index in [1.807, 2.05) is 13.0 Å². The zero-order valence-electron chi connectivity index (χ0n) is 12.5. The first-order chi connectivity index (χ1) is 10.1. The maximum absolute atomic E-state index is 11.9. The predicted molar refractivity (Wildman–Crippen MR) is 82.9 cm³/mol. The van der Waals surface area contributed by atoms with Gasteiger partial charge in [-0.1, -0.05) is 38.8 Å². The third-order valence-electron chi connectivity index (χ3n) is 3.53. The van der Waals surface area contributed by atoms with Crippen molar-refractivity contribution in [3.63, 3.8) is 0 Å². The fraction of sp³-hybridized carbons (Fsp3) is 0.438. The fourth-order valence-corrected chi connectivity index (χ4v) is 2.21. The van der Waals surface area contributed by atoms with Crippen molar-refractivity contribution in [1.82, 2.24) is 15.3 Å². The Bertz CT molecular complexity index is 679. The molecule has 0 bridgehead atoms. The maximum atomic E-state index is 11.9. The van der Waals surface area contributed by atoms with Gasteiger partial charge in [0, 0.05) is 5.92 Å². The number of nitrogens with zero attached hydrogens (tertiary/aromatic N) is 1. The van der Waals surface area contributed by atoms with Crippen LogP contribution in [0, 0.1) is 5.92 Å². The molecule has 2 N–H and O–H groups in total. The minimum Gasteiger partial charge on any atom is -0.349 e. The van der Waals surface area contributed by atoms with Crippen molar-refractivity contribution < 1.29 is 4.79 Å². The predicted octanol–water partition coefficient (Wildman–Crippen LogP) is 2.37. The first-order valence-electron chi connectivity index (χ1n) is 7.37. The Balaban J connectivity index is 2.04. The maximum Gasteiger partial charge on any atom is 0.258 e. The van der Waals surface area contributed by atoms with Crippen LogP contribution in [0.4, 0.5) is 0 Å². The van der Waals surface area contributed by atoms with Crippen molar-refractivity contribution in [1.29, 1.82) is 0 Å². The molecule has 0 radical (unpaired) electrons. The number of nitrogens with one attached hydrogen (secondary N) is 2. The van der Waals surface area contributed by atoms with Gasteiger partial charge >= 0.3 is 0 Å². The quantitative estimate of drug-likeness (QED) is 0.856. The molecule has 1 heterocycles. The van der Waals surface area contributed by atoms with Crippen LogP contribution in [0.15, 0.2) is 29.1 Å². The van der Waals surface area contributed by atoms with E-state index in [1.54, 1.807) is 18.2 Å². The first-order valence-corrected chi connectivity index (χ1v) is 7.37. The lowest BCUT2D eigenvalue weighted by Gasteiger charge is -2.11. The van der Waals surface area contributed by atoms with Gasteiger partial charge in [0.2, 0.25) is 5.91 Å². The van der Waals surface area contributed by atoms with Gasteiger partial charge in [-0.15, -0.1) is 0 Å². The molecular weight excluding hydrogens is 266 g/mol. The van der Waals surface area contributed by atoms with E-state index >= 15 is 0 Å². The van der Waals surface area contributed by atoms with Crippen LogP contribution in [-0.2, 0) is 11.3 Å². The zero-order chi connectivity index (χ0) is 15.2. The molecule has 1 aromatic carbocycles. The molecule has 1 atom stereocenters. The second-order valence-corrected chi connectivity index (χ2v) is 5.29. The summed E-state index contributed by atoms with van der Waals surface area (Å²) in [5.74, 6) is 0.464. The van der Waals surface area contributed by atoms with Gasteiger partial charge < -0.3 is 10.3 Å². The van der Waals surface area contributed by atoms with Crippen molar-refractivity contribution in [3.05, 3.63) is 40.4 Å². The Labute approximate surface area is 123 Å². The summed E-state index contributed by atoms with van der Waals surface area (Å²) in [4.78, 5) is 30.9. The molecule has 0 unspecified atom stereocenters. The first kappa shape index (κ1) is 15.2. The van der Waals surface area contributed by atoms with E-state index in [1.165, 1.54) is 0 Å². The van der Waals surface area contributed by atoms with E-state index in [2.05, 4.69) is 22.2 Å². The van der Waals surface area contributed by atoms with Gasteiger partial charge in [-0.2, -0.15) is 0 Å². The molecule has 5 nitrogen and oxygen atoms in total. The second kappa shape index (κ2) is 7.02. The van der Waals surface area contributed by atoms with Gasteiger partial charge in [0.15, 0.2) is 0 Å². The van der Waals surface area contributed by atoms with Crippen LogP contribution in [0.3, 0.4) is 0 Å². The van der Waals surface area contributed by atoms with Crippen molar-refractivity contribution in [3.8, 4) is 0 Å². The number of para-hydroxylation sites is 1. The normalized spacial score (nSPS) is 12.3. The third kappa shape index (κ3) is 3.90. The number of carbonyl (C=O) groups excluding carboxylic acids is 1. The van der Waals surface area contributed by atoms with Crippen molar-refractivity contribution in [2.45, 2.75) is 39.7 Å². The Morgan fingerprint density at radius 2 is 2.14 bits per heavy atom. The second-order valence-electron chi connectivity index (χ2n) is 5.29. The molecule has 0 spiro atoms. The highest BCUT2D eigenvalue weighted by Crippen LogP contribution is 2.08. The van der Waals surface area contributed by atoms with Crippen LogP contribution >= 0.6 is 0 Å². The summed E-state index contributed by atoms with van der Waals surface area (Å²) in [6.07, 6.45) is 3.00. The van der Waals surface area contributed by atoms with Gasteiger partial charge in [-0.25, -0.2) is 4.98 Å². The smallest absolute Gasteiger partial charge is 0.258 e. The topological polar surface area (TPSA) is 74.8 Å². The third-order valence-corrected chi connectivity index (χ3v) is 3.53. The van der Waals surface area contributed by atoms with E-state index in [0.29, 0.717) is 16.7 Å². The summed E-state index contributed by atoms with van der Waals surface area (Å²) in [6.45, 7) is 4.27. The van der Waals surface area contributed by atoms with Crippen LogP contribution in [0.1, 0.15) is 38.9 Å². The lowest BCUT2D eigenvalue weighted by molar-refractivity contribution is -0.124. The Morgan fingerprint density at radius 1 is 1.38 bits per heavy atom. The molecule has 0 fully saturated rings. The highest BCUT2D eigenvalue weighted by Gasteiger charge is 2.12. The highest BCUT2D eigenvalue weighted by atomic mass is 16.2. The average molecular weight is 287 g/mol. The molecule has 1 amide bonds. The number of H-pyrrole nitrogens is 1. The number of aromatic amines is 1. The van der Waals surface area contributed by atoms with E-state index in [0.717, 1.165) is 19.3 Å². The number of hydrogen-bond donors (Lipinski definition) is 2. The minimum absolute atomic E-state index is 0.000687. The van der Waals surface area contributed by atoms with E-state index in [-0.39, 0.29) is 23.9 Å². The molecule has 0 aliphatic heterocycles. The number of amides is 1. The Hall–Kier alpha value is -2.17. The van der Waals surface area contributed by atoms with E-state index < -0.39 is 0 Å². The van der Waals surface area contributed by atoms with Crippen LogP contribution in [0.25, 0.3) is 10.9 Å². The summed E-state index contributed by atoms with van der Waals surface area (Å²) in [5.41, 5.74) is 0.466. The molecule has 0 aliphatic rings. The Morgan fingerprint density at radius 3 is 2.90 bits per heavy atom. The molecule has 2 rings (SSSR count). The van der Waals surface area contributed by atoms with Crippen LogP contribution < -0.4 is 10.9 Å². The van der Waals surface area contributed by atoms with E-state index in [9.17, 15) is 9.59 Å². The molecule has 21 heavy (non-hydrogen) atoms. The molecule has 0 aliphatic carbocycles. The number of carbonyl (C=O) groups is 1. The number of hydrogen-bond acceptors (Lipinski definition) is 3. The van der Waals surface area contributed by atoms with Gasteiger partial charge in [-0.05, 0) is 18.6 Å². The fourth-order valence-electron chi connectivity index (χ4n) is 2.21. The van der Waals surface area contributed by atoms with Crippen molar-refractivity contribution in [2.24, 2.45) is 5.92 Å². The van der Waals surface area contributed by atoms with Crippen LogP contribution in [0.2, 0.25) is 0 Å². The summed E-state index contributed by atoms with van der Waals surface area (Å²) in [5, 5.41) is 3.39. The van der Waals surface area contributed by atoms with E-state index in [4.69, 9.17) is 0 Å². The van der Waals surface area contributed by atoms with Gasteiger partial charge in [0.1, 0.15) is 5.82 Å². The standard InChI is InChI=1S/C16H21N3O2/c1-3-4-7-11(2)15(20)17-10-14-18-13-9-6-5-8-12(13)16(21)19-14/h5-6,8-9,11H,3-4,7,10H2,1-2H3,(H,17,20)(H,18,19,21)/t11-/m0/s1.